The lowest BCUT2D eigenvalue weighted by atomic mass is 9.77. The van der Waals surface area contributed by atoms with E-state index in [9.17, 15) is 35.4 Å². The summed E-state index contributed by atoms with van der Waals surface area (Å²) in [7, 11) is 5.26. The van der Waals surface area contributed by atoms with E-state index in [1.165, 1.54) is 14.0 Å². The molecule has 0 aromatic carbocycles. The summed E-state index contributed by atoms with van der Waals surface area (Å²) in [6.45, 7) is 18.2. The number of likely N-dealkylation sites (N-methyl/N-ethyl adjacent to an activating group) is 1. The van der Waals surface area contributed by atoms with Crippen molar-refractivity contribution in [1.82, 2.24) is 9.80 Å². The standard InChI is InChI=1S/C40H76N2O13/c1-14-29-40(10,49)33(45)26(6)42(16-15-17-43)21-22(2)19-38(8,48)35(55-37-31(44)28(41(11)12)18-23(3)51-37)24(4)32(25(5)36(47)53-29)54-30-20-39(9,50-13)34(46)27(7)52-30/h22-35,37,43-46,48-49H,14-21H2,1-13H3/t22-,23-,24+,25-,26-,27+,28+,29?,30+,31-,32+,33-,34+,35-,37+,38-,39-,40-/m1/s1. The Labute approximate surface area is 329 Å². The number of methoxy groups -OCH3 is 1. The molecule has 0 bridgehead atoms. The Morgan fingerprint density at radius 1 is 0.945 bits per heavy atom. The molecule has 6 N–H and O–H groups in total. The van der Waals surface area contributed by atoms with Gasteiger partial charge in [0.2, 0.25) is 0 Å². The second-order valence-electron chi connectivity index (χ2n) is 17.8. The maximum Gasteiger partial charge on any atom is 0.311 e. The molecule has 3 aliphatic heterocycles. The van der Waals surface area contributed by atoms with Crippen molar-refractivity contribution in [2.24, 2.45) is 17.8 Å². The van der Waals surface area contributed by atoms with Gasteiger partial charge in [-0.25, -0.2) is 0 Å². The largest absolute Gasteiger partial charge is 0.459 e. The highest BCUT2D eigenvalue weighted by atomic mass is 16.7. The van der Waals surface area contributed by atoms with E-state index in [-0.39, 0.29) is 43.9 Å². The van der Waals surface area contributed by atoms with Gasteiger partial charge in [0.1, 0.15) is 30.0 Å². The molecule has 0 spiro atoms. The number of cyclic esters (lactones) is 1. The van der Waals surface area contributed by atoms with Crippen molar-refractivity contribution in [2.45, 2.75) is 192 Å². The highest BCUT2D eigenvalue weighted by molar-refractivity contribution is 5.73. The lowest BCUT2D eigenvalue weighted by Crippen LogP contribution is -2.60. The first-order valence-corrected chi connectivity index (χ1v) is 20.3. The van der Waals surface area contributed by atoms with Crippen LogP contribution in [0.5, 0.6) is 0 Å². The van der Waals surface area contributed by atoms with Gasteiger partial charge in [0, 0.05) is 51.2 Å². The number of ether oxygens (including phenoxy) is 6. The van der Waals surface area contributed by atoms with Gasteiger partial charge < -0.3 is 64.0 Å². The molecule has 3 rings (SSSR count). The summed E-state index contributed by atoms with van der Waals surface area (Å²) in [5.41, 5.74) is -4.51. The summed E-state index contributed by atoms with van der Waals surface area (Å²) in [5.74, 6) is -2.75. The van der Waals surface area contributed by atoms with Crippen molar-refractivity contribution in [2.75, 3.05) is 40.9 Å². The van der Waals surface area contributed by atoms with Gasteiger partial charge in [-0.2, -0.15) is 0 Å². The van der Waals surface area contributed by atoms with E-state index in [2.05, 4.69) is 0 Å². The number of carbonyl (C=O) groups excluding carboxylic acids is 1. The maximum absolute atomic E-state index is 14.3. The Morgan fingerprint density at radius 3 is 2.15 bits per heavy atom. The molecule has 15 heteroatoms. The highest BCUT2D eigenvalue weighted by Gasteiger charge is 2.52. The molecule has 1 unspecified atom stereocenters. The van der Waals surface area contributed by atoms with Gasteiger partial charge >= 0.3 is 5.97 Å². The zero-order valence-electron chi connectivity index (χ0n) is 35.8. The number of nitrogens with zero attached hydrogens (tertiary/aromatic N) is 2. The molecule has 15 nitrogen and oxygen atoms in total. The van der Waals surface area contributed by atoms with Gasteiger partial charge in [-0.3, -0.25) is 9.69 Å². The number of aliphatic hydroxyl groups excluding tert-OH is 4. The molecule has 0 aromatic heterocycles. The van der Waals surface area contributed by atoms with E-state index in [0.29, 0.717) is 25.9 Å². The fourth-order valence-electron chi connectivity index (χ4n) is 9.17. The van der Waals surface area contributed by atoms with Gasteiger partial charge in [0.05, 0.1) is 41.5 Å². The van der Waals surface area contributed by atoms with Crippen molar-refractivity contribution in [1.29, 1.82) is 0 Å². The van der Waals surface area contributed by atoms with Crippen LogP contribution in [0.15, 0.2) is 0 Å². The molecule has 3 saturated heterocycles. The number of esters is 1. The summed E-state index contributed by atoms with van der Waals surface area (Å²) in [6.07, 6.45) is -8.22. The van der Waals surface area contributed by atoms with Gasteiger partial charge in [0.15, 0.2) is 12.6 Å². The van der Waals surface area contributed by atoms with Crippen LogP contribution in [-0.4, -0.2) is 178 Å². The Bertz CT molecular complexity index is 1190. The minimum absolute atomic E-state index is 0.0776. The van der Waals surface area contributed by atoms with Crippen molar-refractivity contribution in [3.8, 4) is 0 Å². The van der Waals surface area contributed by atoms with Crippen LogP contribution in [0.2, 0.25) is 0 Å². The zero-order chi connectivity index (χ0) is 41.8. The van der Waals surface area contributed by atoms with Gasteiger partial charge in [-0.05, 0) is 94.2 Å². The smallest absolute Gasteiger partial charge is 0.311 e. The lowest BCUT2D eigenvalue weighted by Gasteiger charge is -2.48. The zero-order valence-corrected chi connectivity index (χ0v) is 35.8. The van der Waals surface area contributed by atoms with Crippen molar-refractivity contribution < 1.29 is 63.9 Å². The van der Waals surface area contributed by atoms with Crippen LogP contribution in [0.1, 0.15) is 101 Å². The Morgan fingerprint density at radius 2 is 1.58 bits per heavy atom. The first-order valence-electron chi connectivity index (χ1n) is 20.3. The SMILES string of the molecule is CCC1OC(=O)[C@H](C)[C@@H](O[C@H]2C[C@@](C)(OC)[C@@H](O)[C@H](C)O2)[C@H](C)[C@@H](O[C@@H]2O[C@H](C)C[C@H](N(C)C)[C@H]2O)[C@](C)(O)C[C@@H](C)CN(CCCO)[C@H](C)[C@@H](O)[C@]1(C)O. The maximum atomic E-state index is 14.3. The van der Waals surface area contributed by atoms with E-state index >= 15 is 0 Å². The molecule has 55 heavy (non-hydrogen) atoms. The molecule has 0 amide bonds. The quantitative estimate of drug-likeness (QED) is 0.175. The second kappa shape index (κ2) is 19.8. The van der Waals surface area contributed by atoms with Crippen LogP contribution in [0.3, 0.4) is 0 Å². The van der Waals surface area contributed by atoms with Crippen molar-refractivity contribution >= 4 is 5.97 Å². The number of hydrogen-bond donors (Lipinski definition) is 6. The fourth-order valence-corrected chi connectivity index (χ4v) is 9.17. The minimum atomic E-state index is -1.87. The normalized spacial score (nSPS) is 47.6. The Hall–Kier alpha value is -1.05. The van der Waals surface area contributed by atoms with E-state index < -0.39 is 96.0 Å². The molecule has 3 heterocycles. The number of rotatable bonds is 10. The van der Waals surface area contributed by atoms with Gasteiger partial charge in [-0.15, -0.1) is 0 Å². The monoisotopic (exact) mass is 793 g/mol. The van der Waals surface area contributed by atoms with Crippen molar-refractivity contribution in [3.05, 3.63) is 0 Å². The fraction of sp³-hybridized carbons (Fsp3) is 0.975. The third-order valence-corrected chi connectivity index (χ3v) is 12.6. The molecule has 3 fully saturated rings. The molecule has 0 saturated carbocycles. The molecule has 324 valence electrons. The average molecular weight is 793 g/mol. The molecule has 18 atom stereocenters. The molecule has 0 aliphatic carbocycles. The third-order valence-electron chi connectivity index (χ3n) is 12.6. The summed E-state index contributed by atoms with van der Waals surface area (Å²) in [5, 5.41) is 68.5. The van der Waals surface area contributed by atoms with Gasteiger partial charge in [0.25, 0.3) is 0 Å². The number of hydrogen-bond acceptors (Lipinski definition) is 15. The van der Waals surface area contributed by atoms with Crippen LogP contribution in [0.25, 0.3) is 0 Å². The highest BCUT2D eigenvalue weighted by Crippen LogP contribution is 2.40. The predicted octanol–water partition coefficient (Wildman–Crippen LogP) is 1.65. The van der Waals surface area contributed by atoms with Crippen molar-refractivity contribution in [3.63, 3.8) is 0 Å². The summed E-state index contributed by atoms with van der Waals surface area (Å²) < 4.78 is 37.7. The number of aliphatic hydroxyl groups is 6. The van der Waals surface area contributed by atoms with E-state index in [0.717, 1.165) is 0 Å². The number of carbonyl (C=O) groups is 1. The average Bonchev–Trinajstić information content (AvgIpc) is 3.11. The van der Waals surface area contributed by atoms with Gasteiger partial charge in [-0.1, -0.05) is 20.8 Å². The molecular formula is C40H76N2O13. The minimum Gasteiger partial charge on any atom is -0.459 e. The first-order chi connectivity index (χ1) is 25.4. The summed E-state index contributed by atoms with van der Waals surface area (Å²) in [4.78, 5) is 18.2. The lowest BCUT2D eigenvalue weighted by molar-refractivity contribution is -0.318. The Kier molecular flexibility index (Phi) is 17.4. The van der Waals surface area contributed by atoms with E-state index in [1.807, 2.05) is 44.7 Å². The molecular weight excluding hydrogens is 716 g/mol. The Balaban J connectivity index is 2.20. The topological polar surface area (TPSA) is 200 Å². The molecule has 0 radical (unpaired) electrons. The summed E-state index contributed by atoms with van der Waals surface area (Å²) in [6, 6.07) is -0.921. The van der Waals surface area contributed by atoms with E-state index in [1.54, 1.807) is 41.5 Å². The van der Waals surface area contributed by atoms with Crippen LogP contribution in [0, 0.1) is 17.8 Å². The molecule has 3 aliphatic rings. The van der Waals surface area contributed by atoms with Crippen LogP contribution < -0.4 is 0 Å². The van der Waals surface area contributed by atoms with E-state index in [4.69, 9.17) is 28.4 Å². The first kappa shape index (κ1) is 48.3. The summed E-state index contributed by atoms with van der Waals surface area (Å²) >= 11 is 0. The van der Waals surface area contributed by atoms with Crippen LogP contribution in [0.4, 0.5) is 0 Å². The molecule has 0 aromatic rings. The van der Waals surface area contributed by atoms with Crippen LogP contribution >= 0.6 is 0 Å². The third kappa shape index (κ3) is 11.4. The predicted molar refractivity (Wildman–Crippen MR) is 205 cm³/mol. The van der Waals surface area contributed by atoms with Crippen LogP contribution in [-0.2, 0) is 33.2 Å². The second-order valence-corrected chi connectivity index (χ2v) is 17.8.